The van der Waals surface area contributed by atoms with Crippen molar-refractivity contribution in [3.63, 3.8) is 0 Å². The molecule has 1 saturated heterocycles. The molecule has 0 aromatic heterocycles. The summed E-state index contributed by atoms with van der Waals surface area (Å²) in [5.41, 5.74) is 10.2. The number of aryl methyl sites for hydroxylation is 2. The van der Waals surface area contributed by atoms with Crippen molar-refractivity contribution in [1.29, 1.82) is 0 Å². The Morgan fingerprint density at radius 3 is 2.65 bits per heavy atom. The number of likely N-dealkylation sites (tertiary alicyclic amines) is 1. The van der Waals surface area contributed by atoms with E-state index in [9.17, 15) is 0 Å². The number of benzene rings is 1. The van der Waals surface area contributed by atoms with Crippen molar-refractivity contribution in [2.24, 2.45) is 11.7 Å². The van der Waals surface area contributed by atoms with Gasteiger partial charge in [-0.1, -0.05) is 29.3 Å². The minimum atomic E-state index is 0.130. The molecular formula is C17H28N2O. The van der Waals surface area contributed by atoms with Crippen LogP contribution in [0.15, 0.2) is 18.2 Å². The van der Waals surface area contributed by atoms with E-state index in [1.165, 1.54) is 23.1 Å². The van der Waals surface area contributed by atoms with Gasteiger partial charge in [-0.3, -0.25) is 0 Å². The van der Waals surface area contributed by atoms with Crippen LogP contribution in [0.3, 0.4) is 0 Å². The van der Waals surface area contributed by atoms with Crippen LogP contribution in [0.25, 0.3) is 0 Å². The Labute approximate surface area is 122 Å². The number of aliphatic hydroxyl groups is 1. The topological polar surface area (TPSA) is 49.5 Å². The lowest BCUT2D eigenvalue weighted by Gasteiger charge is -2.19. The molecule has 112 valence electrons. The van der Waals surface area contributed by atoms with Gasteiger partial charge in [0.25, 0.3) is 0 Å². The average molecular weight is 276 g/mol. The van der Waals surface area contributed by atoms with Crippen molar-refractivity contribution in [3.05, 3.63) is 34.9 Å². The number of hydrogen-bond donors (Lipinski definition) is 2. The molecule has 20 heavy (non-hydrogen) atoms. The first-order chi connectivity index (χ1) is 9.58. The largest absolute Gasteiger partial charge is 0.396 e. The summed E-state index contributed by atoms with van der Waals surface area (Å²) in [5.74, 6) is 0.678. The highest BCUT2D eigenvalue weighted by Gasteiger charge is 2.22. The first-order valence-corrected chi connectivity index (χ1v) is 7.75. The average Bonchev–Trinajstić information content (AvgIpc) is 2.83. The third kappa shape index (κ3) is 4.30. The molecule has 0 aliphatic carbocycles. The minimum Gasteiger partial charge on any atom is -0.396 e. The number of nitrogens with two attached hydrogens (primary N) is 1. The van der Waals surface area contributed by atoms with Gasteiger partial charge in [-0.25, -0.2) is 0 Å². The lowest BCUT2D eigenvalue weighted by molar-refractivity contribution is 0.249. The van der Waals surface area contributed by atoms with E-state index < -0.39 is 0 Å². The molecule has 1 aliphatic heterocycles. The second kappa shape index (κ2) is 7.21. The number of rotatable bonds is 6. The van der Waals surface area contributed by atoms with E-state index in [1.807, 2.05) is 0 Å². The first-order valence-electron chi connectivity index (χ1n) is 7.75. The van der Waals surface area contributed by atoms with Crippen LogP contribution in [0.5, 0.6) is 0 Å². The van der Waals surface area contributed by atoms with Gasteiger partial charge in [0, 0.05) is 19.2 Å². The molecule has 0 saturated carbocycles. The molecule has 3 N–H and O–H groups in total. The van der Waals surface area contributed by atoms with Gasteiger partial charge in [0.15, 0.2) is 0 Å². The molecule has 0 amide bonds. The molecule has 0 bridgehead atoms. The zero-order valence-electron chi connectivity index (χ0n) is 12.8. The lowest BCUT2D eigenvalue weighted by atomic mass is 10.00. The van der Waals surface area contributed by atoms with E-state index in [2.05, 4.69) is 36.9 Å². The van der Waals surface area contributed by atoms with E-state index in [0.717, 1.165) is 32.5 Å². The van der Waals surface area contributed by atoms with Crippen LogP contribution in [0.1, 0.15) is 42.0 Å². The maximum atomic E-state index is 8.99. The normalized spacial score (nSPS) is 21.3. The predicted molar refractivity (Wildman–Crippen MR) is 83.7 cm³/mol. The van der Waals surface area contributed by atoms with Crippen LogP contribution in [0, 0.1) is 19.8 Å². The molecule has 2 atom stereocenters. The molecule has 0 spiro atoms. The summed E-state index contributed by atoms with van der Waals surface area (Å²) in [6, 6.07) is 6.73. The monoisotopic (exact) mass is 276 g/mol. The molecule has 2 unspecified atom stereocenters. The van der Waals surface area contributed by atoms with Gasteiger partial charge in [-0.15, -0.1) is 0 Å². The Balaban J connectivity index is 1.82. The fraction of sp³-hybridized carbons (Fsp3) is 0.647. The van der Waals surface area contributed by atoms with Gasteiger partial charge >= 0.3 is 0 Å². The number of nitrogens with zero attached hydrogens (tertiary/aromatic N) is 1. The molecule has 3 nitrogen and oxygen atoms in total. The van der Waals surface area contributed by atoms with E-state index in [1.54, 1.807) is 0 Å². The molecule has 2 rings (SSSR count). The summed E-state index contributed by atoms with van der Waals surface area (Å²) in [4.78, 5) is 2.49. The van der Waals surface area contributed by atoms with Crippen LogP contribution < -0.4 is 5.73 Å². The van der Waals surface area contributed by atoms with Gasteiger partial charge in [-0.05, 0) is 57.7 Å². The summed E-state index contributed by atoms with van der Waals surface area (Å²) in [6.45, 7) is 7.92. The first kappa shape index (κ1) is 15.5. The highest BCUT2D eigenvalue weighted by Crippen LogP contribution is 2.22. The van der Waals surface area contributed by atoms with Gasteiger partial charge < -0.3 is 15.7 Å². The van der Waals surface area contributed by atoms with Crippen LogP contribution >= 0.6 is 0 Å². The molecule has 1 fully saturated rings. The summed E-state index contributed by atoms with van der Waals surface area (Å²) in [6.07, 6.45) is 3.17. The van der Waals surface area contributed by atoms with Crippen molar-refractivity contribution in [3.8, 4) is 0 Å². The van der Waals surface area contributed by atoms with E-state index in [-0.39, 0.29) is 6.04 Å². The molecular weight excluding hydrogens is 248 g/mol. The van der Waals surface area contributed by atoms with Crippen LogP contribution in [-0.4, -0.2) is 36.2 Å². The van der Waals surface area contributed by atoms with Gasteiger partial charge in [-0.2, -0.15) is 0 Å². The fourth-order valence-corrected chi connectivity index (χ4v) is 3.25. The summed E-state index contributed by atoms with van der Waals surface area (Å²) >= 11 is 0. The highest BCUT2D eigenvalue weighted by molar-refractivity contribution is 5.30. The Bertz CT molecular complexity index is 413. The van der Waals surface area contributed by atoms with Crippen molar-refractivity contribution < 1.29 is 5.11 Å². The molecule has 3 heteroatoms. The number of aliphatic hydroxyl groups excluding tert-OH is 1. The van der Waals surface area contributed by atoms with Crippen molar-refractivity contribution >= 4 is 0 Å². The Hall–Kier alpha value is -0.900. The van der Waals surface area contributed by atoms with Gasteiger partial charge in [0.05, 0.1) is 0 Å². The molecule has 0 radical (unpaired) electrons. The van der Waals surface area contributed by atoms with Crippen LogP contribution in [-0.2, 0) is 0 Å². The fourth-order valence-electron chi connectivity index (χ4n) is 3.25. The smallest absolute Gasteiger partial charge is 0.0434 e. The highest BCUT2D eigenvalue weighted by atomic mass is 16.3. The second-order valence-corrected chi connectivity index (χ2v) is 6.28. The summed E-state index contributed by atoms with van der Waals surface area (Å²) in [7, 11) is 0. The molecule has 1 aromatic rings. The van der Waals surface area contributed by atoms with Crippen LogP contribution in [0.4, 0.5) is 0 Å². The molecule has 1 aliphatic rings. The Kier molecular flexibility index (Phi) is 5.58. The van der Waals surface area contributed by atoms with E-state index in [0.29, 0.717) is 12.5 Å². The van der Waals surface area contributed by atoms with Crippen molar-refractivity contribution in [2.45, 2.75) is 39.2 Å². The van der Waals surface area contributed by atoms with Gasteiger partial charge in [0.2, 0.25) is 0 Å². The van der Waals surface area contributed by atoms with Gasteiger partial charge in [0.1, 0.15) is 0 Å². The summed E-state index contributed by atoms with van der Waals surface area (Å²) < 4.78 is 0. The second-order valence-electron chi connectivity index (χ2n) is 6.28. The summed E-state index contributed by atoms with van der Waals surface area (Å²) in [5, 5.41) is 8.99. The molecule has 1 aromatic carbocycles. The van der Waals surface area contributed by atoms with Crippen LogP contribution in [0.2, 0.25) is 0 Å². The van der Waals surface area contributed by atoms with Crippen molar-refractivity contribution in [2.75, 3.05) is 26.2 Å². The SMILES string of the molecule is Cc1cc(C)cc(C(N)CCN2CCC(CCO)C2)c1. The van der Waals surface area contributed by atoms with E-state index >= 15 is 0 Å². The Morgan fingerprint density at radius 2 is 2.00 bits per heavy atom. The van der Waals surface area contributed by atoms with E-state index in [4.69, 9.17) is 10.8 Å². The zero-order chi connectivity index (χ0) is 14.5. The Morgan fingerprint density at radius 1 is 1.30 bits per heavy atom. The zero-order valence-corrected chi connectivity index (χ0v) is 12.8. The van der Waals surface area contributed by atoms with Crippen molar-refractivity contribution in [1.82, 2.24) is 4.90 Å². The number of hydrogen-bond acceptors (Lipinski definition) is 3. The third-order valence-corrected chi connectivity index (χ3v) is 4.34. The molecule has 1 heterocycles. The quantitative estimate of drug-likeness (QED) is 0.839. The third-order valence-electron chi connectivity index (χ3n) is 4.34. The maximum Gasteiger partial charge on any atom is 0.0434 e. The lowest BCUT2D eigenvalue weighted by Crippen LogP contribution is -2.25. The predicted octanol–water partition coefficient (Wildman–Crippen LogP) is 2.40. The maximum absolute atomic E-state index is 8.99. The minimum absolute atomic E-state index is 0.130. The standard InChI is InChI=1S/C17H28N2O/c1-13-9-14(2)11-16(10-13)17(18)4-7-19-6-3-15(12-19)5-8-20/h9-11,15,17,20H,3-8,12,18H2,1-2H3.